The van der Waals surface area contributed by atoms with E-state index in [-0.39, 0.29) is 31.2 Å². The zero-order valence-electron chi connectivity index (χ0n) is 13.9. The van der Waals surface area contributed by atoms with Gasteiger partial charge in [0.25, 0.3) is 5.69 Å². The molecule has 26 heavy (non-hydrogen) atoms. The number of benzene rings is 1. The summed E-state index contributed by atoms with van der Waals surface area (Å²) in [6.07, 6.45) is 1.75. The molecule has 1 atom stereocenters. The van der Waals surface area contributed by atoms with Gasteiger partial charge in [0.15, 0.2) is 0 Å². The topological polar surface area (TPSA) is 103 Å². The molecule has 1 aliphatic rings. The van der Waals surface area contributed by atoms with Gasteiger partial charge in [0.05, 0.1) is 23.1 Å². The molecule has 134 valence electrons. The third kappa shape index (κ3) is 4.21. The van der Waals surface area contributed by atoms with Crippen LogP contribution < -0.4 is 0 Å². The maximum absolute atomic E-state index is 12.2. The Morgan fingerprint density at radius 3 is 2.88 bits per heavy atom. The molecule has 1 aromatic heterocycles. The molecule has 0 N–H and O–H groups in total. The largest absolute Gasteiger partial charge is 0.461 e. The highest BCUT2D eigenvalue weighted by atomic mass is 16.6. The van der Waals surface area contributed by atoms with Gasteiger partial charge in [-0.05, 0) is 17.7 Å². The van der Waals surface area contributed by atoms with E-state index in [0.717, 1.165) is 5.69 Å². The lowest BCUT2D eigenvalue weighted by Crippen LogP contribution is -2.26. The Balaban J connectivity index is 1.55. The molecule has 1 aromatic carbocycles. The van der Waals surface area contributed by atoms with Crippen LogP contribution in [0.4, 0.5) is 5.69 Å². The molecule has 0 saturated carbocycles. The molecule has 8 heteroatoms. The number of likely N-dealkylation sites (tertiary alicyclic amines) is 1. The van der Waals surface area contributed by atoms with E-state index in [1.807, 2.05) is 12.1 Å². The summed E-state index contributed by atoms with van der Waals surface area (Å²) in [7, 11) is 0. The summed E-state index contributed by atoms with van der Waals surface area (Å²) >= 11 is 0. The van der Waals surface area contributed by atoms with Gasteiger partial charge in [-0.3, -0.25) is 24.7 Å². The first kappa shape index (κ1) is 17.5. The van der Waals surface area contributed by atoms with Gasteiger partial charge in [-0.15, -0.1) is 0 Å². The maximum atomic E-state index is 12.2. The molecule has 0 bridgehead atoms. The van der Waals surface area contributed by atoms with Crippen molar-refractivity contribution in [1.29, 1.82) is 0 Å². The minimum atomic E-state index is -0.537. The van der Waals surface area contributed by atoms with Gasteiger partial charge >= 0.3 is 5.97 Å². The maximum Gasteiger partial charge on any atom is 0.311 e. The summed E-state index contributed by atoms with van der Waals surface area (Å²) in [6, 6.07) is 11.4. The molecule has 0 spiro atoms. The number of hydrogen-bond acceptors (Lipinski definition) is 6. The van der Waals surface area contributed by atoms with Crippen molar-refractivity contribution >= 4 is 17.6 Å². The van der Waals surface area contributed by atoms with Crippen molar-refractivity contribution in [3.63, 3.8) is 0 Å². The van der Waals surface area contributed by atoms with Crippen LogP contribution in [0, 0.1) is 16.0 Å². The van der Waals surface area contributed by atoms with E-state index in [4.69, 9.17) is 4.74 Å². The molecule has 1 amide bonds. The van der Waals surface area contributed by atoms with E-state index in [1.165, 1.54) is 18.2 Å². The van der Waals surface area contributed by atoms with Gasteiger partial charge < -0.3 is 9.64 Å². The van der Waals surface area contributed by atoms with Gasteiger partial charge in [-0.25, -0.2) is 0 Å². The summed E-state index contributed by atoms with van der Waals surface area (Å²) in [5.41, 5.74) is 1.23. The van der Waals surface area contributed by atoms with Gasteiger partial charge in [0.1, 0.15) is 6.61 Å². The van der Waals surface area contributed by atoms with Crippen LogP contribution >= 0.6 is 0 Å². The Kier molecular flexibility index (Phi) is 5.21. The number of esters is 1. The summed E-state index contributed by atoms with van der Waals surface area (Å²) < 4.78 is 5.24. The fraction of sp³-hybridized carbons (Fsp3) is 0.278. The lowest BCUT2D eigenvalue weighted by Gasteiger charge is -2.15. The second-order valence-corrected chi connectivity index (χ2v) is 6.03. The van der Waals surface area contributed by atoms with Crippen LogP contribution in [0.3, 0.4) is 0 Å². The monoisotopic (exact) mass is 355 g/mol. The quantitative estimate of drug-likeness (QED) is 0.446. The molecule has 0 radical (unpaired) electrons. The predicted octanol–water partition coefficient (Wildman–Crippen LogP) is 2.08. The van der Waals surface area contributed by atoms with Crippen LogP contribution in [-0.4, -0.2) is 33.2 Å². The highest BCUT2D eigenvalue weighted by Gasteiger charge is 2.35. The number of nitro benzene ring substituents is 1. The van der Waals surface area contributed by atoms with Crippen LogP contribution in [0.15, 0.2) is 48.7 Å². The van der Waals surface area contributed by atoms with Crippen molar-refractivity contribution in [3.8, 4) is 0 Å². The average Bonchev–Trinajstić information content (AvgIpc) is 3.01. The Morgan fingerprint density at radius 2 is 2.15 bits per heavy atom. The number of hydrogen-bond donors (Lipinski definition) is 0. The Bertz CT molecular complexity index is 825. The number of non-ortho nitro benzene ring substituents is 1. The number of nitro groups is 1. The van der Waals surface area contributed by atoms with Crippen molar-refractivity contribution in [3.05, 3.63) is 70.0 Å². The van der Waals surface area contributed by atoms with E-state index < -0.39 is 16.8 Å². The fourth-order valence-electron chi connectivity index (χ4n) is 2.80. The SMILES string of the molecule is O=C(OCc1cccc([N+](=O)[O-])c1)C1CC(=O)N(Cc2ccccn2)C1. The third-order valence-corrected chi connectivity index (χ3v) is 4.13. The number of amides is 1. The lowest BCUT2D eigenvalue weighted by molar-refractivity contribution is -0.384. The first-order valence-electron chi connectivity index (χ1n) is 8.10. The van der Waals surface area contributed by atoms with Gasteiger partial charge in [0, 0.05) is 31.3 Å². The zero-order chi connectivity index (χ0) is 18.5. The van der Waals surface area contributed by atoms with Gasteiger partial charge in [0.2, 0.25) is 5.91 Å². The van der Waals surface area contributed by atoms with Crippen LogP contribution in [0.1, 0.15) is 17.7 Å². The van der Waals surface area contributed by atoms with Crippen LogP contribution in [0.2, 0.25) is 0 Å². The Hall–Kier alpha value is -3.29. The molecule has 3 rings (SSSR count). The van der Waals surface area contributed by atoms with Gasteiger partial charge in [-0.2, -0.15) is 0 Å². The molecule has 1 fully saturated rings. The Labute approximate surface area is 149 Å². The number of pyridine rings is 1. The normalized spacial score (nSPS) is 16.5. The first-order valence-corrected chi connectivity index (χ1v) is 8.10. The van der Waals surface area contributed by atoms with Crippen LogP contribution in [0.5, 0.6) is 0 Å². The number of carbonyl (C=O) groups excluding carboxylic acids is 2. The predicted molar refractivity (Wildman–Crippen MR) is 90.7 cm³/mol. The average molecular weight is 355 g/mol. The first-order chi connectivity index (χ1) is 12.5. The number of rotatable bonds is 6. The van der Waals surface area contributed by atoms with Crippen molar-refractivity contribution in [2.75, 3.05) is 6.54 Å². The number of ether oxygens (including phenoxy) is 1. The van der Waals surface area contributed by atoms with E-state index in [0.29, 0.717) is 12.1 Å². The standard InChI is InChI=1S/C18H17N3O5/c22-17-9-14(10-20(17)11-15-5-1-2-7-19-15)18(23)26-12-13-4-3-6-16(8-13)21(24)25/h1-8,14H,9-12H2. The molecule has 2 heterocycles. The third-order valence-electron chi connectivity index (χ3n) is 4.13. The van der Waals surface area contributed by atoms with Crippen molar-refractivity contribution in [2.24, 2.45) is 5.92 Å². The van der Waals surface area contributed by atoms with Crippen LogP contribution in [-0.2, 0) is 27.5 Å². The molecular weight excluding hydrogens is 338 g/mol. The number of nitrogens with zero attached hydrogens (tertiary/aromatic N) is 3. The molecule has 1 saturated heterocycles. The smallest absolute Gasteiger partial charge is 0.311 e. The second-order valence-electron chi connectivity index (χ2n) is 6.03. The van der Waals surface area contributed by atoms with Crippen molar-refractivity contribution in [2.45, 2.75) is 19.6 Å². The van der Waals surface area contributed by atoms with Gasteiger partial charge in [-0.1, -0.05) is 18.2 Å². The van der Waals surface area contributed by atoms with Crippen molar-refractivity contribution < 1.29 is 19.2 Å². The lowest BCUT2D eigenvalue weighted by atomic mass is 10.1. The second kappa shape index (κ2) is 7.73. The minimum absolute atomic E-state index is 0.0591. The molecular formula is C18H17N3O5. The summed E-state index contributed by atoms with van der Waals surface area (Å²) in [6.45, 7) is 0.572. The number of aromatic nitrogens is 1. The highest BCUT2D eigenvalue weighted by molar-refractivity contribution is 5.86. The fourth-order valence-corrected chi connectivity index (χ4v) is 2.80. The van der Waals surface area contributed by atoms with Crippen molar-refractivity contribution in [1.82, 2.24) is 9.88 Å². The Morgan fingerprint density at radius 1 is 1.31 bits per heavy atom. The zero-order valence-corrected chi connectivity index (χ0v) is 13.9. The summed E-state index contributed by atoms with van der Waals surface area (Å²) in [5, 5.41) is 10.8. The molecule has 2 aromatic rings. The highest BCUT2D eigenvalue weighted by Crippen LogP contribution is 2.22. The molecule has 1 aliphatic heterocycles. The summed E-state index contributed by atoms with van der Waals surface area (Å²) in [5.74, 6) is -1.13. The van der Waals surface area contributed by atoms with Crippen LogP contribution in [0.25, 0.3) is 0 Å². The van der Waals surface area contributed by atoms with E-state index in [2.05, 4.69) is 4.98 Å². The minimum Gasteiger partial charge on any atom is -0.461 e. The molecule has 8 nitrogen and oxygen atoms in total. The molecule has 1 unspecified atom stereocenters. The summed E-state index contributed by atoms with van der Waals surface area (Å²) in [4.78, 5) is 40.4. The van der Waals surface area contributed by atoms with E-state index in [1.54, 1.807) is 23.2 Å². The molecule has 0 aliphatic carbocycles. The van der Waals surface area contributed by atoms with E-state index in [9.17, 15) is 19.7 Å². The number of carbonyl (C=O) groups is 2. The van der Waals surface area contributed by atoms with E-state index >= 15 is 0 Å².